The maximum absolute atomic E-state index is 13.6. The van der Waals surface area contributed by atoms with E-state index in [0.717, 1.165) is 11.8 Å². The molecular weight excluding hydrogens is 350 g/mol. The molecule has 0 aliphatic rings. The molecule has 0 fully saturated rings. The number of hydrogen-bond acceptors (Lipinski definition) is 3. The lowest BCUT2D eigenvalue weighted by Crippen LogP contribution is -2.05. The van der Waals surface area contributed by atoms with Crippen LogP contribution in [0.5, 0.6) is 0 Å². The first-order valence-corrected chi connectivity index (χ1v) is 6.92. The second-order valence-electron chi connectivity index (χ2n) is 4.13. The topological polar surface area (TPSA) is 37.9 Å². The molecule has 20 heavy (non-hydrogen) atoms. The smallest absolute Gasteiger partial charge is 0.144 e. The van der Waals surface area contributed by atoms with Crippen LogP contribution in [0.2, 0.25) is 0 Å². The van der Waals surface area contributed by atoms with Gasteiger partial charge in [-0.05, 0) is 27.6 Å². The molecule has 0 saturated heterocycles. The standard InChI is InChI=1S/C13H11BrF2N2OS/c1-19-6-10-12(14)13(20)18-11(17-10)4-7-2-3-8(15)5-9(7)16/h2-3,5H,4,6H2,1H3,(H,17,18,20). The zero-order chi connectivity index (χ0) is 14.7. The van der Waals surface area contributed by atoms with Crippen molar-refractivity contribution in [2.45, 2.75) is 13.0 Å². The Morgan fingerprint density at radius 2 is 2.15 bits per heavy atom. The monoisotopic (exact) mass is 360 g/mol. The highest BCUT2D eigenvalue weighted by molar-refractivity contribution is 9.10. The zero-order valence-corrected chi connectivity index (χ0v) is 12.9. The van der Waals surface area contributed by atoms with Crippen molar-refractivity contribution in [3.8, 4) is 0 Å². The van der Waals surface area contributed by atoms with E-state index in [1.807, 2.05) is 0 Å². The predicted molar refractivity (Wildman–Crippen MR) is 77.0 cm³/mol. The van der Waals surface area contributed by atoms with Gasteiger partial charge in [-0.3, -0.25) is 0 Å². The van der Waals surface area contributed by atoms with Gasteiger partial charge in [0.1, 0.15) is 22.1 Å². The highest BCUT2D eigenvalue weighted by Gasteiger charge is 2.10. The van der Waals surface area contributed by atoms with E-state index in [9.17, 15) is 8.78 Å². The molecule has 0 radical (unpaired) electrons. The van der Waals surface area contributed by atoms with Crippen LogP contribution in [-0.2, 0) is 17.8 Å². The second-order valence-corrected chi connectivity index (χ2v) is 5.31. The quantitative estimate of drug-likeness (QED) is 0.839. The van der Waals surface area contributed by atoms with Gasteiger partial charge in [-0.2, -0.15) is 0 Å². The molecule has 0 spiro atoms. The Labute approximate surface area is 128 Å². The molecule has 0 atom stereocenters. The minimum Gasteiger partial charge on any atom is -0.378 e. The average molecular weight is 361 g/mol. The normalized spacial score (nSPS) is 10.8. The predicted octanol–water partition coefficient (Wildman–Crippen LogP) is 3.92. The molecule has 1 aromatic heterocycles. The molecule has 1 aromatic carbocycles. The molecule has 0 aliphatic heterocycles. The maximum atomic E-state index is 13.6. The SMILES string of the molecule is COCc1[nH]c(Cc2ccc(F)cc2F)nc(=S)c1Br. The van der Waals surface area contributed by atoms with Gasteiger partial charge in [0.05, 0.1) is 16.8 Å². The van der Waals surface area contributed by atoms with Gasteiger partial charge in [-0.25, -0.2) is 13.8 Å². The Morgan fingerprint density at radius 3 is 2.80 bits per heavy atom. The van der Waals surface area contributed by atoms with Crippen LogP contribution in [0.3, 0.4) is 0 Å². The van der Waals surface area contributed by atoms with Gasteiger partial charge >= 0.3 is 0 Å². The van der Waals surface area contributed by atoms with Crippen LogP contribution in [0.4, 0.5) is 8.78 Å². The maximum Gasteiger partial charge on any atom is 0.144 e. The number of benzene rings is 1. The van der Waals surface area contributed by atoms with Crippen LogP contribution in [0.15, 0.2) is 22.7 Å². The lowest BCUT2D eigenvalue weighted by atomic mass is 10.1. The van der Waals surface area contributed by atoms with E-state index in [1.54, 1.807) is 7.11 Å². The van der Waals surface area contributed by atoms with Crippen molar-refractivity contribution < 1.29 is 13.5 Å². The first-order chi connectivity index (χ1) is 9.51. The molecule has 2 rings (SSSR count). The van der Waals surface area contributed by atoms with Crippen molar-refractivity contribution in [1.82, 2.24) is 9.97 Å². The van der Waals surface area contributed by atoms with Gasteiger partial charge in [0.25, 0.3) is 0 Å². The summed E-state index contributed by atoms with van der Waals surface area (Å²) < 4.78 is 32.6. The minimum atomic E-state index is -0.609. The lowest BCUT2D eigenvalue weighted by molar-refractivity contribution is 0.180. The summed E-state index contributed by atoms with van der Waals surface area (Å²) >= 11 is 8.45. The number of aromatic amines is 1. The van der Waals surface area contributed by atoms with Gasteiger partial charge in [-0.1, -0.05) is 18.3 Å². The van der Waals surface area contributed by atoms with Crippen LogP contribution >= 0.6 is 28.1 Å². The molecule has 0 bridgehead atoms. The largest absolute Gasteiger partial charge is 0.378 e. The van der Waals surface area contributed by atoms with Crippen molar-refractivity contribution in [3.05, 3.63) is 56.0 Å². The van der Waals surface area contributed by atoms with Crippen molar-refractivity contribution in [2.75, 3.05) is 7.11 Å². The molecule has 0 amide bonds. The molecule has 3 nitrogen and oxygen atoms in total. The van der Waals surface area contributed by atoms with E-state index in [4.69, 9.17) is 17.0 Å². The number of nitrogens with one attached hydrogen (secondary N) is 1. The van der Waals surface area contributed by atoms with Crippen molar-refractivity contribution >= 4 is 28.1 Å². The van der Waals surface area contributed by atoms with Crippen LogP contribution in [0.1, 0.15) is 17.1 Å². The van der Waals surface area contributed by atoms with Crippen LogP contribution < -0.4 is 0 Å². The Balaban J connectivity index is 2.36. The third kappa shape index (κ3) is 3.47. The molecule has 0 saturated carbocycles. The Bertz CT molecular complexity index is 691. The molecule has 1 N–H and O–H groups in total. The first-order valence-electron chi connectivity index (χ1n) is 5.71. The number of ether oxygens (including phenoxy) is 1. The summed E-state index contributed by atoms with van der Waals surface area (Å²) in [5, 5.41) is 0. The van der Waals surface area contributed by atoms with Crippen LogP contribution in [0, 0.1) is 16.3 Å². The zero-order valence-electron chi connectivity index (χ0n) is 10.5. The molecule has 106 valence electrons. The number of methoxy groups -OCH3 is 1. The number of rotatable bonds is 4. The number of nitrogens with zero attached hydrogens (tertiary/aromatic N) is 1. The Kier molecular flexibility index (Phi) is 4.95. The van der Waals surface area contributed by atoms with E-state index >= 15 is 0 Å². The molecular formula is C13H11BrF2N2OS. The van der Waals surface area contributed by atoms with Gasteiger partial charge in [-0.15, -0.1) is 0 Å². The van der Waals surface area contributed by atoms with Crippen molar-refractivity contribution in [1.29, 1.82) is 0 Å². The van der Waals surface area contributed by atoms with Crippen molar-refractivity contribution in [2.24, 2.45) is 0 Å². The van der Waals surface area contributed by atoms with Crippen LogP contribution in [0.25, 0.3) is 0 Å². The van der Waals surface area contributed by atoms with Crippen molar-refractivity contribution in [3.63, 3.8) is 0 Å². The van der Waals surface area contributed by atoms with Crippen LogP contribution in [-0.4, -0.2) is 17.1 Å². The van der Waals surface area contributed by atoms with E-state index in [-0.39, 0.29) is 6.42 Å². The third-order valence-electron chi connectivity index (χ3n) is 2.65. The summed E-state index contributed by atoms with van der Waals surface area (Å²) in [6, 6.07) is 3.45. The summed E-state index contributed by atoms with van der Waals surface area (Å²) in [4.78, 5) is 7.21. The molecule has 2 aromatic rings. The van der Waals surface area contributed by atoms with E-state index in [2.05, 4.69) is 25.9 Å². The minimum absolute atomic E-state index is 0.194. The molecule has 7 heteroatoms. The van der Waals surface area contributed by atoms with E-state index in [0.29, 0.717) is 27.1 Å². The van der Waals surface area contributed by atoms with Gasteiger partial charge in [0, 0.05) is 19.6 Å². The number of hydrogen-bond donors (Lipinski definition) is 1. The summed E-state index contributed by atoms with van der Waals surface area (Å²) in [5.74, 6) is -0.721. The van der Waals surface area contributed by atoms with E-state index < -0.39 is 11.6 Å². The molecule has 1 heterocycles. The summed E-state index contributed by atoms with van der Waals surface area (Å²) in [5.41, 5.74) is 1.07. The first kappa shape index (κ1) is 15.2. The number of H-pyrrole nitrogens is 1. The average Bonchev–Trinajstić information content (AvgIpc) is 2.39. The molecule has 0 unspecified atom stereocenters. The fraction of sp³-hybridized carbons (Fsp3) is 0.231. The lowest BCUT2D eigenvalue weighted by Gasteiger charge is -2.08. The highest BCUT2D eigenvalue weighted by atomic mass is 79.9. The number of halogens is 3. The summed E-state index contributed by atoms with van der Waals surface area (Å²) in [7, 11) is 1.56. The van der Waals surface area contributed by atoms with Gasteiger partial charge in [0.15, 0.2) is 0 Å². The fourth-order valence-corrected chi connectivity index (χ4v) is 2.27. The fourth-order valence-electron chi connectivity index (χ4n) is 1.73. The van der Waals surface area contributed by atoms with E-state index in [1.165, 1.54) is 12.1 Å². The number of aromatic nitrogens is 2. The second kappa shape index (κ2) is 6.51. The summed E-state index contributed by atoms with van der Waals surface area (Å²) in [6.07, 6.45) is 0.194. The van der Waals surface area contributed by atoms with Gasteiger partial charge < -0.3 is 9.72 Å². The third-order valence-corrected chi connectivity index (χ3v) is 4.06. The Hall–Kier alpha value is -1.18. The molecule has 0 aliphatic carbocycles. The summed E-state index contributed by atoms with van der Waals surface area (Å²) in [6.45, 7) is 0.325. The Morgan fingerprint density at radius 1 is 1.40 bits per heavy atom. The van der Waals surface area contributed by atoms with Gasteiger partial charge in [0.2, 0.25) is 0 Å². The highest BCUT2D eigenvalue weighted by Crippen LogP contribution is 2.19.